The van der Waals surface area contributed by atoms with Gasteiger partial charge in [0.15, 0.2) is 0 Å². The number of nitrogens with zero attached hydrogens (tertiary/aromatic N) is 2. The fourth-order valence-electron chi connectivity index (χ4n) is 2.62. The number of sulfonamides is 1. The predicted octanol–water partition coefficient (Wildman–Crippen LogP) is 3.53. The van der Waals surface area contributed by atoms with Crippen molar-refractivity contribution < 1.29 is 17.9 Å². The second kappa shape index (κ2) is 7.92. The summed E-state index contributed by atoms with van der Waals surface area (Å²) in [5, 5.41) is 0.421. The second-order valence-electron chi connectivity index (χ2n) is 5.82. The third-order valence-electron chi connectivity index (χ3n) is 4.01. The number of benzene rings is 1. The van der Waals surface area contributed by atoms with E-state index < -0.39 is 16.0 Å². The summed E-state index contributed by atoms with van der Waals surface area (Å²) in [6, 6.07) is 7.37. The van der Waals surface area contributed by atoms with Crippen molar-refractivity contribution in [2.75, 3.05) is 13.1 Å². The first kappa shape index (κ1) is 19.1. The standard InChI is InChI=1S/C17H16Cl2N2O4S/c18-14-5-4-13(9-15(14)26(23,24)21-7-1-2-8-21)17(22)25-11-12-3-6-16(19)20-10-12/h3-6,9-10H,1-2,7-8,11H2. The van der Waals surface area contributed by atoms with Gasteiger partial charge in [0.2, 0.25) is 10.0 Å². The molecule has 1 aromatic carbocycles. The summed E-state index contributed by atoms with van der Waals surface area (Å²) in [6.07, 6.45) is 3.13. The summed E-state index contributed by atoms with van der Waals surface area (Å²) >= 11 is 11.8. The van der Waals surface area contributed by atoms with Gasteiger partial charge in [0.05, 0.1) is 10.6 Å². The van der Waals surface area contributed by atoms with Gasteiger partial charge >= 0.3 is 5.97 Å². The molecule has 0 N–H and O–H groups in total. The largest absolute Gasteiger partial charge is 0.457 e. The van der Waals surface area contributed by atoms with Crippen LogP contribution in [-0.2, 0) is 21.4 Å². The van der Waals surface area contributed by atoms with Crippen molar-refractivity contribution in [3.05, 3.63) is 57.8 Å². The lowest BCUT2D eigenvalue weighted by atomic mass is 10.2. The van der Waals surface area contributed by atoms with E-state index in [1.165, 1.54) is 28.7 Å². The van der Waals surface area contributed by atoms with E-state index in [4.69, 9.17) is 27.9 Å². The van der Waals surface area contributed by atoms with Gasteiger partial charge in [0.1, 0.15) is 16.7 Å². The number of carbonyl (C=O) groups is 1. The second-order valence-corrected chi connectivity index (χ2v) is 8.52. The van der Waals surface area contributed by atoms with Crippen molar-refractivity contribution in [1.82, 2.24) is 9.29 Å². The van der Waals surface area contributed by atoms with Crippen LogP contribution in [0.5, 0.6) is 0 Å². The first-order valence-corrected chi connectivity index (χ1v) is 10.1. The molecular formula is C17H16Cl2N2O4S. The van der Waals surface area contributed by atoms with Gasteiger partial charge in [0.25, 0.3) is 0 Å². The van der Waals surface area contributed by atoms with Gasteiger partial charge < -0.3 is 4.74 Å². The number of aromatic nitrogens is 1. The number of pyridine rings is 1. The number of ether oxygens (including phenoxy) is 1. The molecule has 0 radical (unpaired) electrons. The number of esters is 1. The van der Waals surface area contributed by atoms with Crippen LogP contribution in [0.4, 0.5) is 0 Å². The zero-order valence-corrected chi connectivity index (χ0v) is 16.0. The van der Waals surface area contributed by atoms with Gasteiger partial charge in [-0.3, -0.25) is 0 Å². The van der Waals surface area contributed by atoms with E-state index in [0.29, 0.717) is 23.8 Å². The van der Waals surface area contributed by atoms with E-state index in [-0.39, 0.29) is 22.1 Å². The Morgan fingerprint density at radius 1 is 1.15 bits per heavy atom. The highest BCUT2D eigenvalue weighted by Gasteiger charge is 2.29. The van der Waals surface area contributed by atoms with Crippen LogP contribution in [0.25, 0.3) is 0 Å². The highest BCUT2D eigenvalue weighted by Crippen LogP contribution is 2.28. The molecule has 1 fully saturated rings. The van der Waals surface area contributed by atoms with Crippen LogP contribution in [0.2, 0.25) is 10.2 Å². The van der Waals surface area contributed by atoms with Gasteiger partial charge in [-0.2, -0.15) is 4.31 Å². The maximum absolute atomic E-state index is 12.7. The van der Waals surface area contributed by atoms with Gasteiger partial charge in [-0.25, -0.2) is 18.2 Å². The van der Waals surface area contributed by atoms with E-state index in [1.807, 2.05) is 0 Å². The summed E-state index contributed by atoms with van der Waals surface area (Å²) in [7, 11) is -3.73. The van der Waals surface area contributed by atoms with E-state index in [2.05, 4.69) is 4.98 Å². The molecule has 9 heteroatoms. The maximum Gasteiger partial charge on any atom is 0.338 e. The van der Waals surface area contributed by atoms with Gasteiger partial charge in [-0.05, 0) is 37.1 Å². The molecule has 3 rings (SSSR count). The summed E-state index contributed by atoms with van der Waals surface area (Å²) in [5.74, 6) is -0.644. The third-order valence-corrected chi connectivity index (χ3v) is 6.61. The Balaban J connectivity index is 1.78. The minimum Gasteiger partial charge on any atom is -0.457 e. The molecule has 1 aliphatic heterocycles. The lowest BCUT2D eigenvalue weighted by Gasteiger charge is -2.17. The van der Waals surface area contributed by atoms with Crippen LogP contribution in [0, 0.1) is 0 Å². The lowest BCUT2D eigenvalue weighted by Crippen LogP contribution is -2.28. The van der Waals surface area contributed by atoms with Crippen LogP contribution in [0.3, 0.4) is 0 Å². The molecule has 2 aromatic rings. The van der Waals surface area contributed by atoms with Crippen LogP contribution in [-0.4, -0.2) is 36.8 Å². The van der Waals surface area contributed by atoms with Gasteiger partial charge in [-0.15, -0.1) is 0 Å². The average molecular weight is 415 g/mol. The molecule has 0 amide bonds. The fraction of sp³-hybridized carbons (Fsp3) is 0.294. The topological polar surface area (TPSA) is 76.6 Å². The lowest BCUT2D eigenvalue weighted by molar-refractivity contribution is 0.0472. The Morgan fingerprint density at radius 3 is 2.54 bits per heavy atom. The van der Waals surface area contributed by atoms with Crippen LogP contribution >= 0.6 is 23.2 Å². The Kier molecular flexibility index (Phi) is 5.82. The monoisotopic (exact) mass is 414 g/mol. The van der Waals surface area contributed by atoms with E-state index in [1.54, 1.807) is 12.1 Å². The van der Waals surface area contributed by atoms with Crippen molar-refractivity contribution in [1.29, 1.82) is 0 Å². The van der Waals surface area contributed by atoms with Crippen molar-refractivity contribution >= 4 is 39.2 Å². The Labute approximate surface area is 161 Å². The highest BCUT2D eigenvalue weighted by molar-refractivity contribution is 7.89. The molecule has 0 unspecified atom stereocenters. The molecular weight excluding hydrogens is 399 g/mol. The van der Waals surface area contributed by atoms with Crippen LogP contribution < -0.4 is 0 Å². The summed E-state index contributed by atoms with van der Waals surface area (Å²) in [5.41, 5.74) is 0.788. The van der Waals surface area contributed by atoms with E-state index in [0.717, 1.165) is 12.8 Å². The number of rotatable bonds is 5. The van der Waals surface area contributed by atoms with Crippen molar-refractivity contribution in [2.45, 2.75) is 24.3 Å². The molecule has 0 saturated carbocycles. The molecule has 0 bridgehead atoms. The molecule has 138 valence electrons. The number of hydrogen-bond donors (Lipinski definition) is 0. The third kappa shape index (κ3) is 4.17. The molecule has 1 saturated heterocycles. The van der Waals surface area contributed by atoms with Crippen LogP contribution in [0.1, 0.15) is 28.8 Å². The van der Waals surface area contributed by atoms with Crippen molar-refractivity contribution in [2.24, 2.45) is 0 Å². The van der Waals surface area contributed by atoms with E-state index in [9.17, 15) is 13.2 Å². The Bertz CT molecular complexity index is 911. The highest BCUT2D eigenvalue weighted by atomic mass is 35.5. The summed E-state index contributed by atoms with van der Waals surface area (Å²) < 4.78 is 32.0. The molecule has 26 heavy (non-hydrogen) atoms. The molecule has 0 atom stereocenters. The van der Waals surface area contributed by atoms with Crippen LogP contribution in [0.15, 0.2) is 41.4 Å². The zero-order chi connectivity index (χ0) is 18.7. The predicted molar refractivity (Wildman–Crippen MR) is 97.8 cm³/mol. The normalized spacial score (nSPS) is 15.2. The summed E-state index contributed by atoms with van der Waals surface area (Å²) in [6.45, 7) is 0.910. The first-order valence-electron chi connectivity index (χ1n) is 7.95. The number of hydrogen-bond acceptors (Lipinski definition) is 5. The molecule has 2 heterocycles. The maximum atomic E-state index is 12.7. The molecule has 1 aromatic heterocycles. The Morgan fingerprint density at radius 2 is 1.88 bits per heavy atom. The van der Waals surface area contributed by atoms with E-state index >= 15 is 0 Å². The molecule has 0 aliphatic carbocycles. The smallest absolute Gasteiger partial charge is 0.338 e. The molecule has 0 spiro atoms. The molecule has 1 aliphatic rings. The van der Waals surface area contributed by atoms with Gasteiger partial charge in [0, 0.05) is 24.8 Å². The minimum absolute atomic E-state index is 0.000162. The van der Waals surface area contributed by atoms with Crippen molar-refractivity contribution in [3.63, 3.8) is 0 Å². The SMILES string of the molecule is O=C(OCc1ccc(Cl)nc1)c1ccc(Cl)c(S(=O)(=O)N2CCCC2)c1. The minimum atomic E-state index is -3.73. The fourth-order valence-corrected chi connectivity index (χ4v) is 4.75. The number of halogens is 2. The summed E-state index contributed by atoms with van der Waals surface area (Å²) in [4.78, 5) is 16.1. The first-order chi connectivity index (χ1) is 12.4. The average Bonchev–Trinajstić information content (AvgIpc) is 3.17. The quantitative estimate of drug-likeness (QED) is 0.552. The number of carbonyl (C=O) groups excluding carboxylic acids is 1. The van der Waals surface area contributed by atoms with Crippen molar-refractivity contribution in [3.8, 4) is 0 Å². The van der Waals surface area contributed by atoms with Gasteiger partial charge in [-0.1, -0.05) is 29.3 Å². The molecule has 6 nitrogen and oxygen atoms in total. The zero-order valence-electron chi connectivity index (χ0n) is 13.7. The Hall–Kier alpha value is -1.67.